The van der Waals surface area contributed by atoms with Crippen molar-refractivity contribution in [1.82, 2.24) is 0 Å². The van der Waals surface area contributed by atoms with E-state index in [9.17, 15) is 4.79 Å². The molecule has 1 aromatic heterocycles. The van der Waals surface area contributed by atoms with Gasteiger partial charge in [-0.15, -0.1) is 11.3 Å². The maximum Gasteiger partial charge on any atom is 0.328 e. The van der Waals surface area contributed by atoms with Gasteiger partial charge in [-0.2, -0.15) is 0 Å². The molecule has 88 valence electrons. The van der Waals surface area contributed by atoms with Crippen LogP contribution in [0.2, 0.25) is 0 Å². The Morgan fingerprint density at radius 3 is 3.00 bits per heavy atom. The summed E-state index contributed by atoms with van der Waals surface area (Å²) < 4.78 is 10.2. The average Bonchev–Trinajstić information content (AvgIpc) is 2.70. The van der Waals surface area contributed by atoms with Crippen molar-refractivity contribution in [2.45, 2.75) is 6.61 Å². The van der Waals surface area contributed by atoms with Crippen LogP contribution >= 0.6 is 11.3 Å². The second-order valence-electron chi connectivity index (χ2n) is 3.02. The number of carboxylic acids is 1. The summed E-state index contributed by atoms with van der Waals surface area (Å²) in [5, 5.41) is 8.46. The van der Waals surface area contributed by atoms with Gasteiger partial charge in [0.05, 0.1) is 19.8 Å². The molecule has 0 radical (unpaired) electrons. The Morgan fingerprint density at radius 1 is 1.50 bits per heavy atom. The van der Waals surface area contributed by atoms with Gasteiger partial charge in [0, 0.05) is 22.9 Å². The third-order valence-electron chi connectivity index (χ3n) is 1.75. The first-order chi connectivity index (χ1) is 7.72. The minimum Gasteiger partial charge on any atom is -0.478 e. The molecule has 0 spiro atoms. The fraction of sp³-hybridized carbons (Fsp3) is 0.364. The molecule has 0 unspecified atom stereocenters. The molecular weight excluding hydrogens is 228 g/mol. The molecule has 5 heteroatoms. The maximum absolute atomic E-state index is 10.3. The maximum atomic E-state index is 10.3. The van der Waals surface area contributed by atoms with Crippen molar-refractivity contribution >= 4 is 23.4 Å². The molecule has 4 nitrogen and oxygen atoms in total. The van der Waals surface area contributed by atoms with Gasteiger partial charge in [-0.1, -0.05) is 0 Å². The van der Waals surface area contributed by atoms with Crippen LogP contribution in [0.3, 0.4) is 0 Å². The number of aliphatic carboxylic acids is 1. The highest BCUT2D eigenvalue weighted by molar-refractivity contribution is 7.12. The molecule has 1 rings (SSSR count). The number of carboxylic acid groups (broad SMARTS) is 1. The zero-order valence-electron chi connectivity index (χ0n) is 9.01. The molecule has 1 heterocycles. The van der Waals surface area contributed by atoms with Crippen LogP contribution in [0, 0.1) is 0 Å². The quantitative estimate of drug-likeness (QED) is 0.587. The number of hydrogen-bond donors (Lipinski definition) is 1. The number of rotatable bonds is 7. The highest BCUT2D eigenvalue weighted by Crippen LogP contribution is 2.18. The van der Waals surface area contributed by atoms with Crippen molar-refractivity contribution in [3.8, 4) is 0 Å². The standard InChI is InChI=1S/C11H14O4S/c1-14-6-7-15-8-10-3-2-9(16-10)4-5-11(12)13/h2-5H,6-8H2,1H3,(H,12,13). The molecule has 0 aromatic carbocycles. The van der Waals surface area contributed by atoms with Crippen LogP contribution in [0.5, 0.6) is 0 Å². The van der Waals surface area contributed by atoms with E-state index in [0.29, 0.717) is 19.8 Å². The van der Waals surface area contributed by atoms with Gasteiger partial charge >= 0.3 is 5.97 Å². The van der Waals surface area contributed by atoms with Crippen molar-refractivity contribution in [1.29, 1.82) is 0 Å². The molecule has 0 amide bonds. The summed E-state index contributed by atoms with van der Waals surface area (Å²) in [6, 6.07) is 3.80. The van der Waals surface area contributed by atoms with E-state index in [1.165, 1.54) is 11.3 Å². The van der Waals surface area contributed by atoms with Gasteiger partial charge in [0.1, 0.15) is 0 Å². The number of hydrogen-bond acceptors (Lipinski definition) is 4. The van der Waals surface area contributed by atoms with Crippen molar-refractivity contribution in [2.24, 2.45) is 0 Å². The van der Waals surface area contributed by atoms with Gasteiger partial charge in [0.2, 0.25) is 0 Å². The Balaban J connectivity index is 2.36. The van der Waals surface area contributed by atoms with E-state index >= 15 is 0 Å². The predicted octanol–water partition coefficient (Wildman–Crippen LogP) is 2.01. The van der Waals surface area contributed by atoms with E-state index in [2.05, 4.69) is 0 Å². The van der Waals surface area contributed by atoms with Crippen LogP contribution in [0.15, 0.2) is 18.2 Å². The van der Waals surface area contributed by atoms with E-state index < -0.39 is 5.97 Å². The average molecular weight is 242 g/mol. The summed E-state index contributed by atoms with van der Waals surface area (Å²) in [5.74, 6) is -0.939. The molecule has 16 heavy (non-hydrogen) atoms. The van der Waals surface area contributed by atoms with Crippen molar-refractivity contribution < 1.29 is 19.4 Å². The Morgan fingerprint density at radius 2 is 2.31 bits per heavy atom. The third kappa shape index (κ3) is 5.06. The first-order valence-corrected chi connectivity index (χ1v) is 5.60. The Hall–Kier alpha value is -1.17. The largest absolute Gasteiger partial charge is 0.478 e. The van der Waals surface area contributed by atoms with Gasteiger partial charge in [0.25, 0.3) is 0 Å². The van der Waals surface area contributed by atoms with Gasteiger partial charge in [-0.05, 0) is 18.2 Å². The Kier molecular flexibility index (Phi) is 5.77. The second-order valence-corrected chi connectivity index (χ2v) is 4.22. The lowest BCUT2D eigenvalue weighted by atomic mass is 10.4. The minimum atomic E-state index is -0.939. The van der Waals surface area contributed by atoms with Crippen LogP contribution in [0.25, 0.3) is 6.08 Å². The van der Waals surface area contributed by atoms with Crippen LogP contribution in [0.1, 0.15) is 9.75 Å². The monoisotopic (exact) mass is 242 g/mol. The summed E-state index contributed by atoms with van der Waals surface area (Å²) >= 11 is 1.52. The molecule has 0 atom stereocenters. The third-order valence-corrected chi connectivity index (χ3v) is 2.77. The van der Waals surface area contributed by atoms with Crippen LogP contribution in [-0.4, -0.2) is 31.4 Å². The molecule has 0 bridgehead atoms. The minimum absolute atomic E-state index is 0.537. The van der Waals surface area contributed by atoms with Crippen LogP contribution in [-0.2, 0) is 20.9 Å². The molecule has 0 fully saturated rings. The van der Waals surface area contributed by atoms with Gasteiger partial charge < -0.3 is 14.6 Å². The number of thiophene rings is 1. The van der Waals surface area contributed by atoms with E-state index in [-0.39, 0.29) is 0 Å². The van der Waals surface area contributed by atoms with Gasteiger partial charge in [-0.25, -0.2) is 4.79 Å². The summed E-state index contributed by atoms with van der Waals surface area (Å²) in [4.78, 5) is 12.3. The molecule has 0 saturated carbocycles. The second kappa shape index (κ2) is 7.16. The lowest BCUT2D eigenvalue weighted by Gasteiger charge is -2.00. The predicted molar refractivity (Wildman–Crippen MR) is 62.5 cm³/mol. The highest BCUT2D eigenvalue weighted by atomic mass is 32.1. The Bertz CT molecular complexity index is 357. The van der Waals surface area contributed by atoms with Crippen molar-refractivity contribution in [3.63, 3.8) is 0 Å². The van der Waals surface area contributed by atoms with Crippen LogP contribution < -0.4 is 0 Å². The lowest BCUT2D eigenvalue weighted by Crippen LogP contribution is -2.00. The van der Waals surface area contributed by atoms with Gasteiger partial charge in [-0.3, -0.25) is 0 Å². The first-order valence-electron chi connectivity index (χ1n) is 4.79. The van der Waals surface area contributed by atoms with E-state index in [4.69, 9.17) is 14.6 Å². The van der Waals surface area contributed by atoms with E-state index in [1.807, 2.05) is 12.1 Å². The lowest BCUT2D eigenvalue weighted by molar-refractivity contribution is -0.131. The van der Waals surface area contributed by atoms with Crippen molar-refractivity contribution in [2.75, 3.05) is 20.3 Å². The first kappa shape index (κ1) is 12.9. The molecule has 1 N–H and O–H groups in total. The molecule has 0 aliphatic heterocycles. The summed E-state index contributed by atoms with van der Waals surface area (Å²) in [6.45, 7) is 1.68. The summed E-state index contributed by atoms with van der Waals surface area (Å²) in [7, 11) is 1.63. The van der Waals surface area contributed by atoms with E-state index in [1.54, 1.807) is 13.2 Å². The SMILES string of the molecule is COCCOCc1ccc(C=CC(=O)O)s1. The zero-order valence-corrected chi connectivity index (χ0v) is 9.83. The topological polar surface area (TPSA) is 55.8 Å². The Labute approximate surface area is 98.1 Å². The van der Waals surface area contributed by atoms with Crippen molar-refractivity contribution in [3.05, 3.63) is 28.0 Å². The summed E-state index contributed by atoms with van der Waals surface area (Å²) in [6.07, 6.45) is 2.70. The fourth-order valence-electron chi connectivity index (χ4n) is 1.03. The highest BCUT2D eigenvalue weighted by Gasteiger charge is 1.98. The number of methoxy groups -OCH3 is 1. The van der Waals surface area contributed by atoms with E-state index in [0.717, 1.165) is 15.8 Å². The molecule has 0 aliphatic carbocycles. The normalized spacial score (nSPS) is 11.1. The van der Waals surface area contributed by atoms with Gasteiger partial charge in [0.15, 0.2) is 0 Å². The van der Waals surface area contributed by atoms with Crippen LogP contribution in [0.4, 0.5) is 0 Å². The number of ether oxygens (including phenoxy) is 2. The fourth-order valence-corrected chi connectivity index (χ4v) is 1.88. The smallest absolute Gasteiger partial charge is 0.328 e. The molecule has 0 aliphatic rings. The zero-order chi connectivity index (χ0) is 11.8. The molecule has 0 saturated heterocycles. The summed E-state index contributed by atoms with van der Waals surface area (Å²) in [5.41, 5.74) is 0. The number of carbonyl (C=O) groups is 1. The molecular formula is C11H14O4S. The molecule has 1 aromatic rings.